The molecule has 2 aromatic rings. The molecular weight excluding hydrogens is 226 g/mol. The second kappa shape index (κ2) is 4.92. The van der Waals surface area contributed by atoms with E-state index in [1.54, 1.807) is 7.11 Å². The molecule has 0 bridgehead atoms. The van der Waals surface area contributed by atoms with Gasteiger partial charge in [-0.1, -0.05) is 0 Å². The molecule has 0 aliphatic heterocycles. The van der Waals surface area contributed by atoms with Crippen LogP contribution in [0.2, 0.25) is 0 Å². The van der Waals surface area contributed by atoms with Crippen molar-refractivity contribution in [1.82, 2.24) is 4.98 Å². The van der Waals surface area contributed by atoms with Gasteiger partial charge in [0.1, 0.15) is 5.75 Å². The molecule has 0 N–H and O–H groups in total. The minimum Gasteiger partial charge on any atom is -0.497 e. The highest BCUT2D eigenvalue weighted by Crippen LogP contribution is 2.28. The maximum Gasteiger partial charge on any atom is 0.119 e. The van der Waals surface area contributed by atoms with Crippen molar-refractivity contribution >= 4 is 16.6 Å². The van der Waals surface area contributed by atoms with Crippen LogP contribution < -0.4 is 9.64 Å². The monoisotopic (exact) mass is 241 g/mol. The highest BCUT2D eigenvalue weighted by atomic mass is 16.5. The van der Waals surface area contributed by atoms with Crippen molar-refractivity contribution in [2.45, 2.75) is 6.42 Å². The number of pyridine rings is 1. The van der Waals surface area contributed by atoms with Crippen LogP contribution in [-0.4, -0.2) is 26.2 Å². The second-order valence-electron chi connectivity index (χ2n) is 4.25. The first-order valence-corrected chi connectivity index (χ1v) is 5.67. The summed E-state index contributed by atoms with van der Waals surface area (Å²) in [5.74, 6) is 0.806. The van der Waals surface area contributed by atoms with Crippen molar-refractivity contribution in [2.24, 2.45) is 0 Å². The minimum atomic E-state index is 0.322. The minimum absolute atomic E-state index is 0.322. The molecule has 0 aliphatic carbocycles. The van der Waals surface area contributed by atoms with E-state index < -0.39 is 0 Å². The Bertz CT molecular complexity index is 614. The van der Waals surface area contributed by atoms with Gasteiger partial charge in [0, 0.05) is 25.2 Å². The molecule has 1 heterocycles. The van der Waals surface area contributed by atoms with Gasteiger partial charge in [-0.15, -0.1) is 0 Å². The standard InChI is InChI=1S/C14H15N3O/c1-17(2)14-8-10(6-7-15)16-13-5-4-11(18-3)9-12(13)14/h4-5,8-9H,6H2,1-3H3. The summed E-state index contributed by atoms with van der Waals surface area (Å²) in [6.07, 6.45) is 0.322. The van der Waals surface area contributed by atoms with Crippen molar-refractivity contribution in [2.75, 3.05) is 26.1 Å². The fourth-order valence-corrected chi connectivity index (χ4v) is 1.91. The molecule has 18 heavy (non-hydrogen) atoms. The Morgan fingerprint density at radius 3 is 2.72 bits per heavy atom. The molecule has 1 aromatic heterocycles. The first-order chi connectivity index (χ1) is 8.65. The molecule has 0 spiro atoms. The lowest BCUT2D eigenvalue weighted by molar-refractivity contribution is 0.415. The number of anilines is 1. The third-order valence-corrected chi connectivity index (χ3v) is 2.79. The Kier molecular flexibility index (Phi) is 3.33. The Morgan fingerprint density at radius 1 is 1.33 bits per heavy atom. The first-order valence-electron chi connectivity index (χ1n) is 5.67. The van der Waals surface area contributed by atoms with Gasteiger partial charge in [-0.2, -0.15) is 5.26 Å². The number of fused-ring (bicyclic) bond motifs is 1. The van der Waals surface area contributed by atoms with Gasteiger partial charge in [0.05, 0.1) is 30.8 Å². The van der Waals surface area contributed by atoms with Crippen molar-refractivity contribution in [3.05, 3.63) is 30.0 Å². The lowest BCUT2D eigenvalue weighted by Crippen LogP contribution is -2.10. The van der Waals surface area contributed by atoms with Gasteiger partial charge in [-0.05, 0) is 24.3 Å². The van der Waals surface area contributed by atoms with E-state index in [0.29, 0.717) is 6.42 Å². The predicted molar refractivity (Wildman–Crippen MR) is 71.9 cm³/mol. The van der Waals surface area contributed by atoms with E-state index >= 15 is 0 Å². The van der Waals surface area contributed by atoms with Crippen LogP contribution in [-0.2, 0) is 6.42 Å². The van der Waals surface area contributed by atoms with E-state index in [9.17, 15) is 0 Å². The predicted octanol–water partition coefficient (Wildman–Crippen LogP) is 2.38. The van der Waals surface area contributed by atoms with Crippen LogP contribution >= 0.6 is 0 Å². The van der Waals surface area contributed by atoms with Gasteiger partial charge < -0.3 is 9.64 Å². The number of aromatic nitrogens is 1. The van der Waals surface area contributed by atoms with Gasteiger partial charge >= 0.3 is 0 Å². The average molecular weight is 241 g/mol. The van der Waals surface area contributed by atoms with Crippen LogP contribution in [0.1, 0.15) is 5.69 Å². The molecular formula is C14H15N3O. The molecule has 0 aliphatic rings. The number of benzene rings is 1. The van der Waals surface area contributed by atoms with Crippen LogP contribution in [0.15, 0.2) is 24.3 Å². The summed E-state index contributed by atoms with van der Waals surface area (Å²) < 4.78 is 5.24. The number of rotatable bonds is 3. The summed E-state index contributed by atoms with van der Waals surface area (Å²) in [5, 5.41) is 9.81. The molecule has 92 valence electrons. The molecule has 0 unspecified atom stereocenters. The molecule has 0 amide bonds. The van der Waals surface area contributed by atoms with Gasteiger partial charge in [0.15, 0.2) is 0 Å². The molecule has 0 saturated carbocycles. The van der Waals surface area contributed by atoms with E-state index in [-0.39, 0.29) is 0 Å². The number of ether oxygens (including phenoxy) is 1. The summed E-state index contributed by atoms with van der Waals surface area (Å²) in [7, 11) is 5.60. The van der Waals surface area contributed by atoms with E-state index in [2.05, 4.69) is 11.1 Å². The van der Waals surface area contributed by atoms with Gasteiger partial charge in [-0.3, -0.25) is 4.98 Å². The topological polar surface area (TPSA) is 49.1 Å². The normalized spacial score (nSPS) is 10.1. The van der Waals surface area contributed by atoms with Gasteiger partial charge in [-0.25, -0.2) is 0 Å². The summed E-state index contributed by atoms with van der Waals surface area (Å²) in [6, 6.07) is 9.85. The average Bonchev–Trinajstić information content (AvgIpc) is 2.37. The van der Waals surface area contributed by atoms with Crippen molar-refractivity contribution < 1.29 is 4.74 Å². The van der Waals surface area contributed by atoms with Gasteiger partial charge in [0.2, 0.25) is 0 Å². The van der Waals surface area contributed by atoms with Crippen molar-refractivity contribution in [3.8, 4) is 11.8 Å². The molecule has 0 atom stereocenters. The lowest BCUT2D eigenvalue weighted by Gasteiger charge is -2.16. The van der Waals surface area contributed by atoms with Crippen LogP contribution in [0.3, 0.4) is 0 Å². The maximum atomic E-state index is 8.78. The van der Waals surface area contributed by atoms with Crippen molar-refractivity contribution in [3.63, 3.8) is 0 Å². The smallest absolute Gasteiger partial charge is 0.119 e. The van der Waals surface area contributed by atoms with E-state index in [1.807, 2.05) is 43.3 Å². The van der Waals surface area contributed by atoms with E-state index in [4.69, 9.17) is 10.00 Å². The SMILES string of the molecule is COc1ccc2nc(CC#N)cc(N(C)C)c2c1. The molecule has 0 saturated heterocycles. The number of methoxy groups -OCH3 is 1. The summed E-state index contributed by atoms with van der Waals surface area (Å²) in [5.41, 5.74) is 2.72. The quantitative estimate of drug-likeness (QED) is 0.827. The zero-order valence-electron chi connectivity index (χ0n) is 10.8. The zero-order valence-corrected chi connectivity index (χ0v) is 10.8. The van der Waals surface area contributed by atoms with Crippen molar-refractivity contribution in [1.29, 1.82) is 5.26 Å². The molecule has 0 radical (unpaired) electrons. The van der Waals surface area contributed by atoms with Crippen LogP contribution in [0.5, 0.6) is 5.75 Å². The number of hydrogen-bond donors (Lipinski definition) is 0. The fraction of sp³-hybridized carbons (Fsp3) is 0.286. The number of hydrogen-bond acceptors (Lipinski definition) is 4. The summed E-state index contributed by atoms with van der Waals surface area (Å²) >= 11 is 0. The third-order valence-electron chi connectivity index (χ3n) is 2.79. The lowest BCUT2D eigenvalue weighted by atomic mass is 10.1. The summed E-state index contributed by atoms with van der Waals surface area (Å²) in [6.45, 7) is 0. The fourth-order valence-electron chi connectivity index (χ4n) is 1.91. The third kappa shape index (κ3) is 2.21. The molecule has 2 rings (SSSR count). The molecule has 4 nitrogen and oxygen atoms in total. The van der Waals surface area contributed by atoms with E-state index in [1.165, 1.54) is 0 Å². The van der Waals surface area contributed by atoms with Crippen LogP contribution in [0, 0.1) is 11.3 Å². The Hall–Kier alpha value is -2.28. The highest BCUT2D eigenvalue weighted by molar-refractivity contribution is 5.92. The Labute approximate surface area is 106 Å². The highest BCUT2D eigenvalue weighted by Gasteiger charge is 2.08. The second-order valence-corrected chi connectivity index (χ2v) is 4.25. The van der Waals surface area contributed by atoms with Crippen LogP contribution in [0.4, 0.5) is 5.69 Å². The Morgan fingerprint density at radius 2 is 2.11 bits per heavy atom. The van der Waals surface area contributed by atoms with Gasteiger partial charge in [0.25, 0.3) is 0 Å². The zero-order chi connectivity index (χ0) is 13.1. The number of nitrogens with zero attached hydrogens (tertiary/aromatic N) is 3. The first kappa shape index (κ1) is 12.2. The molecule has 4 heteroatoms. The summed E-state index contributed by atoms with van der Waals surface area (Å²) in [4.78, 5) is 6.50. The molecule has 0 fully saturated rings. The van der Waals surface area contributed by atoms with Crippen LogP contribution in [0.25, 0.3) is 10.9 Å². The largest absolute Gasteiger partial charge is 0.497 e. The maximum absolute atomic E-state index is 8.78. The number of nitriles is 1. The van der Waals surface area contributed by atoms with E-state index in [0.717, 1.165) is 28.0 Å². The Balaban J connectivity index is 2.69. The molecule has 1 aromatic carbocycles.